The van der Waals surface area contributed by atoms with Gasteiger partial charge >= 0.3 is 0 Å². The number of aromatic nitrogens is 1. The molecule has 0 aliphatic carbocycles. The summed E-state index contributed by atoms with van der Waals surface area (Å²) in [4.78, 5) is 6.74. The van der Waals surface area contributed by atoms with E-state index in [0.717, 1.165) is 18.9 Å². The van der Waals surface area contributed by atoms with E-state index in [1.54, 1.807) is 0 Å². The summed E-state index contributed by atoms with van der Waals surface area (Å²) in [5.74, 6) is 1.65. The van der Waals surface area contributed by atoms with Crippen LogP contribution in [0.1, 0.15) is 24.5 Å². The van der Waals surface area contributed by atoms with Crippen LogP contribution in [0.3, 0.4) is 0 Å². The van der Waals surface area contributed by atoms with Crippen molar-refractivity contribution in [3.63, 3.8) is 0 Å². The summed E-state index contributed by atoms with van der Waals surface area (Å²) >= 11 is 0. The summed E-state index contributed by atoms with van der Waals surface area (Å²) in [6.45, 7) is 2.23. The third-order valence-corrected chi connectivity index (χ3v) is 2.93. The fourth-order valence-corrected chi connectivity index (χ4v) is 2.02. The molecule has 1 saturated heterocycles. The lowest BCUT2D eigenvalue weighted by atomic mass is 9.96. The Balaban J connectivity index is 2.16. The number of pyridine rings is 1. The lowest BCUT2D eigenvalue weighted by Crippen LogP contribution is -2.29. The van der Waals surface area contributed by atoms with E-state index in [1.165, 1.54) is 18.5 Å². The molecule has 3 nitrogen and oxygen atoms in total. The van der Waals surface area contributed by atoms with E-state index in [4.69, 9.17) is 0 Å². The zero-order valence-corrected chi connectivity index (χ0v) is 9.53. The molecular weight excluding hydrogens is 186 g/mol. The highest BCUT2D eigenvalue weighted by molar-refractivity contribution is 5.37. The molecule has 0 aromatic carbocycles. The van der Waals surface area contributed by atoms with Gasteiger partial charge in [0.05, 0.1) is 0 Å². The van der Waals surface area contributed by atoms with Crippen LogP contribution in [-0.4, -0.2) is 32.2 Å². The van der Waals surface area contributed by atoms with Crippen LogP contribution >= 0.6 is 0 Å². The van der Waals surface area contributed by atoms with Crippen molar-refractivity contribution in [2.24, 2.45) is 0 Å². The van der Waals surface area contributed by atoms with Crippen molar-refractivity contribution < 1.29 is 0 Å². The first-order valence-electron chi connectivity index (χ1n) is 5.62. The van der Waals surface area contributed by atoms with Gasteiger partial charge in [0, 0.05) is 32.3 Å². The van der Waals surface area contributed by atoms with Crippen molar-refractivity contribution >= 4 is 5.82 Å². The summed E-state index contributed by atoms with van der Waals surface area (Å²) in [6, 6.07) is 6.30. The average Bonchev–Trinajstić information content (AvgIpc) is 2.30. The zero-order chi connectivity index (χ0) is 10.7. The number of hydrogen-bond acceptors (Lipinski definition) is 3. The van der Waals surface area contributed by atoms with E-state index in [-0.39, 0.29) is 0 Å². The molecule has 15 heavy (non-hydrogen) atoms. The average molecular weight is 205 g/mol. The van der Waals surface area contributed by atoms with Gasteiger partial charge in [0.25, 0.3) is 0 Å². The van der Waals surface area contributed by atoms with Gasteiger partial charge in [-0.15, -0.1) is 0 Å². The Bertz CT molecular complexity index is 316. The fourth-order valence-electron chi connectivity index (χ4n) is 2.02. The van der Waals surface area contributed by atoms with Gasteiger partial charge in [-0.05, 0) is 31.5 Å². The van der Waals surface area contributed by atoms with Crippen molar-refractivity contribution in [2.45, 2.75) is 18.8 Å². The molecule has 1 aliphatic heterocycles. The van der Waals surface area contributed by atoms with Crippen LogP contribution in [-0.2, 0) is 0 Å². The molecular formula is C12H19N3. The molecule has 0 saturated carbocycles. The Morgan fingerprint density at radius 2 is 2.27 bits per heavy atom. The quantitative estimate of drug-likeness (QED) is 0.795. The molecule has 1 fully saturated rings. The van der Waals surface area contributed by atoms with Crippen LogP contribution in [0, 0.1) is 0 Å². The first kappa shape index (κ1) is 10.4. The number of anilines is 1. The molecule has 0 radical (unpaired) electrons. The van der Waals surface area contributed by atoms with Gasteiger partial charge in [-0.25, -0.2) is 4.98 Å². The maximum Gasteiger partial charge on any atom is 0.128 e. The van der Waals surface area contributed by atoms with Crippen LogP contribution in [0.25, 0.3) is 0 Å². The number of nitrogens with one attached hydrogen (secondary N) is 1. The minimum absolute atomic E-state index is 0.596. The number of nitrogens with zero attached hydrogens (tertiary/aromatic N) is 2. The zero-order valence-electron chi connectivity index (χ0n) is 9.53. The summed E-state index contributed by atoms with van der Waals surface area (Å²) in [5.41, 5.74) is 1.23. The van der Waals surface area contributed by atoms with E-state index in [2.05, 4.69) is 33.4 Å². The molecule has 1 atom stereocenters. The molecule has 0 amide bonds. The highest BCUT2D eigenvalue weighted by atomic mass is 15.1. The van der Waals surface area contributed by atoms with Crippen molar-refractivity contribution in [2.75, 3.05) is 32.1 Å². The summed E-state index contributed by atoms with van der Waals surface area (Å²) in [6.07, 6.45) is 2.52. The van der Waals surface area contributed by atoms with Crippen LogP contribution in [0.15, 0.2) is 18.2 Å². The minimum atomic E-state index is 0.596. The summed E-state index contributed by atoms with van der Waals surface area (Å²) < 4.78 is 0. The van der Waals surface area contributed by atoms with Gasteiger partial charge in [-0.1, -0.05) is 6.07 Å². The van der Waals surface area contributed by atoms with E-state index < -0.39 is 0 Å². The molecule has 1 aliphatic rings. The summed E-state index contributed by atoms with van der Waals surface area (Å²) in [7, 11) is 4.07. The van der Waals surface area contributed by atoms with Crippen molar-refractivity contribution in [3.05, 3.63) is 23.9 Å². The van der Waals surface area contributed by atoms with Gasteiger partial charge in [0.15, 0.2) is 0 Å². The second-order valence-electron chi connectivity index (χ2n) is 4.36. The SMILES string of the molecule is CN(C)c1cccc(C2CCCNC2)n1. The van der Waals surface area contributed by atoms with E-state index in [0.29, 0.717) is 5.92 Å². The second kappa shape index (κ2) is 4.62. The third kappa shape index (κ3) is 2.48. The maximum absolute atomic E-state index is 4.68. The Hall–Kier alpha value is -1.09. The topological polar surface area (TPSA) is 28.2 Å². The van der Waals surface area contributed by atoms with Crippen LogP contribution in [0.2, 0.25) is 0 Å². The molecule has 3 heteroatoms. The van der Waals surface area contributed by atoms with E-state index in [9.17, 15) is 0 Å². The molecule has 1 unspecified atom stereocenters. The monoisotopic (exact) mass is 205 g/mol. The molecule has 1 aromatic rings. The predicted molar refractivity (Wildman–Crippen MR) is 63.4 cm³/mol. The maximum atomic E-state index is 4.68. The first-order chi connectivity index (χ1) is 7.27. The molecule has 0 bridgehead atoms. The first-order valence-corrected chi connectivity index (χ1v) is 5.62. The third-order valence-electron chi connectivity index (χ3n) is 2.93. The minimum Gasteiger partial charge on any atom is -0.363 e. The number of piperidine rings is 1. The van der Waals surface area contributed by atoms with Gasteiger partial charge in [-0.3, -0.25) is 0 Å². The van der Waals surface area contributed by atoms with E-state index >= 15 is 0 Å². The molecule has 2 rings (SSSR count). The lowest BCUT2D eigenvalue weighted by molar-refractivity contribution is 0.455. The smallest absolute Gasteiger partial charge is 0.128 e. The van der Waals surface area contributed by atoms with Crippen LogP contribution < -0.4 is 10.2 Å². The molecule has 0 spiro atoms. The highest BCUT2D eigenvalue weighted by Crippen LogP contribution is 2.22. The molecule has 1 N–H and O–H groups in total. The standard InChI is InChI=1S/C12H19N3/c1-15(2)12-7-3-6-11(14-12)10-5-4-8-13-9-10/h3,6-7,10,13H,4-5,8-9H2,1-2H3. The van der Waals surface area contributed by atoms with Gasteiger partial charge in [-0.2, -0.15) is 0 Å². The Kier molecular flexibility index (Phi) is 3.21. The van der Waals surface area contributed by atoms with Gasteiger partial charge < -0.3 is 10.2 Å². The number of hydrogen-bond donors (Lipinski definition) is 1. The van der Waals surface area contributed by atoms with Crippen LogP contribution in [0.5, 0.6) is 0 Å². The lowest BCUT2D eigenvalue weighted by Gasteiger charge is -2.23. The normalized spacial score (nSPS) is 21.3. The molecule has 2 heterocycles. The van der Waals surface area contributed by atoms with Gasteiger partial charge in [0.2, 0.25) is 0 Å². The van der Waals surface area contributed by atoms with Gasteiger partial charge in [0.1, 0.15) is 5.82 Å². The largest absolute Gasteiger partial charge is 0.363 e. The van der Waals surface area contributed by atoms with Crippen LogP contribution in [0.4, 0.5) is 5.82 Å². The Morgan fingerprint density at radius 1 is 1.40 bits per heavy atom. The highest BCUT2D eigenvalue weighted by Gasteiger charge is 2.16. The second-order valence-corrected chi connectivity index (χ2v) is 4.36. The van der Waals surface area contributed by atoms with Crippen molar-refractivity contribution in [1.82, 2.24) is 10.3 Å². The van der Waals surface area contributed by atoms with E-state index in [1.807, 2.05) is 14.1 Å². The molecule has 1 aromatic heterocycles. The predicted octanol–water partition coefficient (Wildman–Crippen LogP) is 1.61. The van der Waals surface area contributed by atoms with Crippen molar-refractivity contribution in [1.29, 1.82) is 0 Å². The summed E-state index contributed by atoms with van der Waals surface area (Å²) in [5, 5.41) is 3.43. The van der Waals surface area contributed by atoms with Crippen molar-refractivity contribution in [3.8, 4) is 0 Å². The fraction of sp³-hybridized carbons (Fsp3) is 0.583. The Labute approximate surface area is 91.5 Å². The number of rotatable bonds is 2. The molecule has 82 valence electrons. The Morgan fingerprint density at radius 3 is 2.93 bits per heavy atom.